The number of ether oxygens (including phenoxy) is 1. The Kier molecular flexibility index (Phi) is 5.30. The monoisotopic (exact) mass is 360 g/mol. The Morgan fingerprint density at radius 2 is 1.78 bits per heavy atom. The Morgan fingerprint density at radius 3 is 2.52 bits per heavy atom. The van der Waals surface area contributed by atoms with Gasteiger partial charge in [-0.1, -0.05) is 48.0 Å². The van der Waals surface area contributed by atoms with Crippen LogP contribution in [-0.4, -0.2) is 29.2 Å². The molecule has 0 spiro atoms. The molecule has 0 radical (unpaired) electrons. The highest BCUT2D eigenvalue weighted by Gasteiger charge is 2.16. The number of rotatable bonds is 6. The zero-order chi connectivity index (χ0) is 18.5. The molecule has 0 aliphatic carbocycles. The molecule has 3 aromatic rings. The van der Waals surface area contributed by atoms with E-state index in [-0.39, 0.29) is 6.10 Å². The number of anilines is 3. The standard InChI is InChI=1S/C22H24N4O/c1-16-9-11-18(12-10-16)24-21-14-20(23-15-19-8-5-13-27-19)25-22(26-21)17-6-3-2-4-7-17/h2-4,6-7,9-12,14,19H,5,8,13,15H2,1H3,(H2,23,24,25,26). The van der Waals surface area contributed by atoms with Gasteiger partial charge in [0.25, 0.3) is 0 Å². The van der Waals surface area contributed by atoms with Gasteiger partial charge in [0.05, 0.1) is 6.10 Å². The average molecular weight is 360 g/mol. The van der Waals surface area contributed by atoms with E-state index in [0.717, 1.165) is 48.9 Å². The van der Waals surface area contributed by atoms with Gasteiger partial charge in [0.15, 0.2) is 5.82 Å². The van der Waals surface area contributed by atoms with Gasteiger partial charge in [0.2, 0.25) is 0 Å². The number of nitrogens with one attached hydrogen (secondary N) is 2. The molecular formula is C22H24N4O. The first-order chi connectivity index (χ1) is 13.3. The summed E-state index contributed by atoms with van der Waals surface area (Å²) in [5.41, 5.74) is 3.22. The van der Waals surface area contributed by atoms with Crippen LogP contribution in [-0.2, 0) is 4.74 Å². The minimum atomic E-state index is 0.258. The van der Waals surface area contributed by atoms with Crippen molar-refractivity contribution in [3.63, 3.8) is 0 Å². The first-order valence-electron chi connectivity index (χ1n) is 9.40. The lowest BCUT2D eigenvalue weighted by molar-refractivity contribution is 0.120. The molecule has 1 fully saturated rings. The predicted molar refractivity (Wildman–Crippen MR) is 109 cm³/mol. The predicted octanol–water partition coefficient (Wildman–Crippen LogP) is 4.79. The van der Waals surface area contributed by atoms with Crippen molar-refractivity contribution in [3.05, 3.63) is 66.2 Å². The summed E-state index contributed by atoms with van der Waals surface area (Å²) in [4.78, 5) is 9.41. The van der Waals surface area contributed by atoms with Gasteiger partial charge >= 0.3 is 0 Å². The van der Waals surface area contributed by atoms with Crippen molar-refractivity contribution in [2.75, 3.05) is 23.8 Å². The molecule has 5 heteroatoms. The van der Waals surface area contributed by atoms with Gasteiger partial charge in [-0.25, -0.2) is 9.97 Å². The number of hydrogen-bond acceptors (Lipinski definition) is 5. The largest absolute Gasteiger partial charge is 0.376 e. The Balaban J connectivity index is 1.60. The second-order valence-electron chi connectivity index (χ2n) is 6.84. The van der Waals surface area contributed by atoms with E-state index >= 15 is 0 Å². The highest BCUT2D eigenvalue weighted by molar-refractivity contribution is 5.65. The first kappa shape index (κ1) is 17.5. The van der Waals surface area contributed by atoms with Crippen LogP contribution in [0.2, 0.25) is 0 Å². The first-order valence-corrected chi connectivity index (χ1v) is 9.40. The maximum atomic E-state index is 5.71. The summed E-state index contributed by atoms with van der Waals surface area (Å²) in [6.45, 7) is 3.69. The Morgan fingerprint density at radius 1 is 1.00 bits per heavy atom. The molecule has 0 bridgehead atoms. The molecule has 1 aromatic heterocycles. The summed E-state index contributed by atoms with van der Waals surface area (Å²) in [6, 6.07) is 20.3. The van der Waals surface area contributed by atoms with Crippen LogP contribution < -0.4 is 10.6 Å². The molecule has 1 aliphatic rings. The Bertz CT molecular complexity index is 875. The third-order valence-electron chi connectivity index (χ3n) is 4.62. The topological polar surface area (TPSA) is 59.1 Å². The second-order valence-corrected chi connectivity index (χ2v) is 6.84. The number of nitrogens with zero attached hydrogens (tertiary/aromatic N) is 2. The molecule has 1 unspecified atom stereocenters. The highest BCUT2D eigenvalue weighted by atomic mass is 16.5. The van der Waals surface area contributed by atoms with Crippen LogP contribution >= 0.6 is 0 Å². The average Bonchev–Trinajstić information content (AvgIpc) is 3.22. The highest BCUT2D eigenvalue weighted by Crippen LogP contribution is 2.23. The van der Waals surface area contributed by atoms with Crippen LogP contribution in [0.15, 0.2) is 60.7 Å². The van der Waals surface area contributed by atoms with Crippen molar-refractivity contribution in [2.24, 2.45) is 0 Å². The lowest BCUT2D eigenvalue weighted by Crippen LogP contribution is -2.19. The molecule has 1 saturated heterocycles. The van der Waals surface area contributed by atoms with E-state index in [0.29, 0.717) is 5.82 Å². The normalized spacial score (nSPS) is 16.3. The fourth-order valence-electron chi connectivity index (χ4n) is 3.13. The van der Waals surface area contributed by atoms with Crippen molar-refractivity contribution in [3.8, 4) is 11.4 Å². The SMILES string of the molecule is Cc1ccc(Nc2cc(NCC3CCCO3)nc(-c3ccccc3)n2)cc1. The summed E-state index contributed by atoms with van der Waals surface area (Å²) in [7, 11) is 0. The Hall–Kier alpha value is -2.92. The number of aryl methyl sites for hydroxylation is 1. The third-order valence-corrected chi connectivity index (χ3v) is 4.62. The van der Waals surface area contributed by atoms with Crippen LogP contribution in [0.4, 0.5) is 17.3 Å². The van der Waals surface area contributed by atoms with Crippen molar-refractivity contribution in [2.45, 2.75) is 25.9 Å². The van der Waals surface area contributed by atoms with Crippen LogP contribution in [0.25, 0.3) is 11.4 Å². The summed E-state index contributed by atoms with van der Waals surface area (Å²) in [5, 5.41) is 6.80. The molecular weight excluding hydrogens is 336 g/mol. The maximum Gasteiger partial charge on any atom is 0.163 e. The Labute approximate surface area is 159 Å². The lowest BCUT2D eigenvalue weighted by atomic mass is 10.2. The van der Waals surface area contributed by atoms with E-state index in [1.807, 2.05) is 36.4 Å². The molecule has 27 heavy (non-hydrogen) atoms. The third kappa shape index (κ3) is 4.63. The molecule has 5 nitrogen and oxygen atoms in total. The van der Waals surface area contributed by atoms with Crippen molar-refractivity contribution >= 4 is 17.3 Å². The molecule has 2 heterocycles. The lowest BCUT2D eigenvalue weighted by Gasteiger charge is -2.14. The molecule has 1 atom stereocenters. The van der Waals surface area contributed by atoms with Crippen LogP contribution in [0.3, 0.4) is 0 Å². The molecule has 4 rings (SSSR count). The van der Waals surface area contributed by atoms with E-state index in [4.69, 9.17) is 14.7 Å². The number of hydrogen-bond donors (Lipinski definition) is 2. The molecule has 0 amide bonds. The van der Waals surface area contributed by atoms with E-state index < -0.39 is 0 Å². The quantitative estimate of drug-likeness (QED) is 0.662. The fourth-order valence-corrected chi connectivity index (χ4v) is 3.13. The maximum absolute atomic E-state index is 5.71. The second kappa shape index (κ2) is 8.18. The van der Waals surface area contributed by atoms with Crippen LogP contribution in [0, 0.1) is 6.92 Å². The van der Waals surface area contributed by atoms with E-state index in [1.165, 1.54) is 5.56 Å². The van der Waals surface area contributed by atoms with E-state index in [9.17, 15) is 0 Å². The number of benzene rings is 2. The number of aromatic nitrogens is 2. The van der Waals surface area contributed by atoms with Crippen LogP contribution in [0.5, 0.6) is 0 Å². The minimum absolute atomic E-state index is 0.258. The van der Waals surface area contributed by atoms with Crippen molar-refractivity contribution in [1.29, 1.82) is 0 Å². The zero-order valence-electron chi connectivity index (χ0n) is 15.5. The fraction of sp³-hybridized carbons (Fsp3) is 0.273. The van der Waals surface area contributed by atoms with Gasteiger partial charge in [-0.15, -0.1) is 0 Å². The van der Waals surface area contributed by atoms with E-state index in [2.05, 4.69) is 41.8 Å². The van der Waals surface area contributed by atoms with Gasteiger partial charge in [-0.2, -0.15) is 0 Å². The van der Waals surface area contributed by atoms with Crippen molar-refractivity contribution in [1.82, 2.24) is 9.97 Å². The smallest absolute Gasteiger partial charge is 0.163 e. The van der Waals surface area contributed by atoms with Gasteiger partial charge in [-0.3, -0.25) is 0 Å². The summed E-state index contributed by atoms with van der Waals surface area (Å²) in [5.74, 6) is 2.26. The van der Waals surface area contributed by atoms with Gasteiger partial charge in [0.1, 0.15) is 11.6 Å². The van der Waals surface area contributed by atoms with Gasteiger partial charge in [-0.05, 0) is 31.9 Å². The van der Waals surface area contributed by atoms with Crippen molar-refractivity contribution < 1.29 is 4.74 Å². The van der Waals surface area contributed by atoms with Gasteiger partial charge < -0.3 is 15.4 Å². The molecule has 2 aromatic carbocycles. The summed E-state index contributed by atoms with van der Waals surface area (Å²) < 4.78 is 5.71. The molecule has 138 valence electrons. The van der Waals surface area contributed by atoms with Crippen LogP contribution in [0.1, 0.15) is 18.4 Å². The zero-order valence-corrected chi connectivity index (χ0v) is 15.5. The molecule has 1 aliphatic heterocycles. The molecule has 0 saturated carbocycles. The van der Waals surface area contributed by atoms with E-state index in [1.54, 1.807) is 0 Å². The summed E-state index contributed by atoms with van der Waals surface area (Å²) >= 11 is 0. The van der Waals surface area contributed by atoms with Gasteiger partial charge in [0, 0.05) is 30.5 Å². The summed E-state index contributed by atoms with van der Waals surface area (Å²) in [6.07, 6.45) is 2.48. The minimum Gasteiger partial charge on any atom is -0.376 e. The molecule has 2 N–H and O–H groups in total.